The molecule has 4 nitrogen and oxygen atoms in total. The van der Waals surface area contributed by atoms with E-state index in [2.05, 4.69) is 17.1 Å². The van der Waals surface area contributed by atoms with Crippen molar-refractivity contribution in [3.05, 3.63) is 24.3 Å². The lowest BCUT2D eigenvalue weighted by Crippen LogP contribution is -2.29. The molecule has 0 aliphatic heterocycles. The van der Waals surface area contributed by atoms with E-state index in [0.29, 0.717) is 12.1 Å². The third-order valence-electron chi connectivity index (χ3n) is 3.29. The molecule has 2 rings (SSSR count). The molecule has 0 spiro atoms. The maximum Gasteiger partial charge on any atom is 0.225 e. The number of nitrogens with zero attached hydrogens (tertiary/aromatic N) is 1. The molecule has 1 aliphatic rings. The second-order valence-electron chi connectivity index (χ2n) is 4.78. The number of nitrogens with one attached hydrogen (secondary N) is 1. The van der Waals surface area contributed by atoms with Gasteiger partial charge in [-0.25, -0.2) is 0 Å². The molecule has 98 valence electrons. The van der Waals surface area contributed by atoms with Gasteiger partial charge in [0.1, 0.15) is 0 Å². The van der Waals surface area contributed by atoms with Gasteiger partial charge in [0.15, 0.2) is 0 Å². The summed E-state index contributed by atoms with van der Waals surface area (Å²) in [6.07, 6.45) is 3.12. The number of hydrogen-bond donors (Lipinski definition) is 2. The van der Waals surface area contributed by atoms with Crippen molar-refractivity contribution < 1.29 is 4.79 Å². The summed E-state index contributed by atoms with van der Waals surface area (Å²) in [7, 11) is 0. The van der Waals surface area contributed by atoms with Crippen molar-refractivity contribution in [2.24, 2.45) is 0 Å². The van der Waals surface area contributed by atoms with Crippen LogP contribution in [-0.4, -0.2) is 29.9 Å². The first-order valence-electron chi connectivity index (χ1n) is 6.58. The van der Waals surface area contributed by atoms with Crippen LogP contribution < -0.4 is 11.1 Å². The van der Waals surface area contributed by atoms with Gasteiger partial charge in [-0.3, -0.25) is 4.79 Å². The molecule has 0 bridgehead atoms. The highest BCUT2D eigenvalue weighted by atomic mass is 16.1. The first-order valence-corrected chi connectivity index (χ1v) is 6.58. The van der Waals surface area contributed by atoms with Crippen molar-refractivity contribution >= 4 is 17.3 Å². The van der Waals surface area contributed by atoms with Gasteiger partial charge in [0.2, 0.25) is 5.91 Å². The highest BCUT2D eigenvalue weighted by Crippen LogP contribution is 2.26. The summed E-state index contributed by atoms with van der Waals surface area (Å²) in [5, 5.41) is 2.89. The summed E-state index contributed by atoms with van der Waals surface area (Å²) < 4.78 is 0. The fraction of sp³-hybridized carbons (Fsp3) is 0.500. The van der Waals surface area contributed by atoms with Crippen LogP contribution in [0.15, 0.2) is 24.3 Å². The van der Waals surface area contributed by atoms with E-state index in [1.165, 1.54) is 12.8 Å². The summed E-state index contributed by atoms with van der Waals surface area (Å²) in [6.45, 7) is 4.03. The molecule has 0 radical (unpaired) electrons. The molecule has 1 aromatic rings. The predicted molar refractivity (Wildman–Crippen MR) is 74.4 cm³/mol. The second-order valence-corrected chi connectivity index (χ2v) is 4.78. The molecule has 0 heterocycles. The van der Waals surface area contributed by atoms with E-state index in [-0.39, 0.29) is 5.91 Å². The Balaban J connectivity index is 1.76. The summed E-state index contributed by atoms with van der Waals surface area (Å²) in [4.78, 5) is 14.2. The van der Waals surface area contributed by atoms with Crippen LogP contribution in [0.2, 0.25) is 0 Å². The topological polar surface area (TPSA) is 58.4 Å². The highest BCUT2D eigenvalue weighted by Gasteiger charge is 2.27. The van der Waals surface area contributed by atoms with E-state index in [1.54, 1.807) is 12.1 Å². The number of anilines is 2. The van der Waals surface area contributed by atoms with Crippen molar-refractivity contribution in [1.29, 1.82) is 0 Å². The average molecular weight is 247 g/mol. The molecule has 1 aliphatic carbocycles. The standard InChI is InChI=1S/C14H21N3O/c1-2-17(13-7-8-13)10-9-14(18)16-12-5-3-11(15)4-6-12/h3-6,13H,2,7-10,15H2,1H3,(H,16,18). The minimum Gasteiger partial charge on any atom is -0.399 e. The molecule has 1 amide bonds. The number of rotatable bonds is 6. The Morgan fingerprint density at radius 2 is 2.06 bits per heavy atom. The van der Waals surface area contributed by atoms with Crippen LogP contribution in [0.1, 0.15) is 26.2 Å². The maximum absolute atomic E-state index is 11.8. The van der Waals surface area contributed by atoms with Gasteiger partial charge in [0.05, 0.1) is 0 Å². The van der Waals surface area contributed by atoms with Gasteiger partial charge in [0.25, 0.3) is 0 Å². The molecule has 4 heteroatoms. The van der Waals surface area contributed by atoms with Gasteiger partial charge in [0, 0.05) is 30.4 Å². The molecular weight excluding hydrogens is 226 g/mol. The summed E-state index contributed by atoms with van der Waals surface area (Å²) in [5.74, 6) is 0.0684. The van der Waals surface area contributed by atoms with E-state index in [1.807, 2.05) is 12.1 Å². The van der Waals surface area contributed by atoms with Crippen LogP contribution in [0.3, 0.4) is 0 Å². The fourth-order valence-electron chi connectivity index (χ4n) is 2.07. The molecule has 1 fully saturated rings. The van der Waals surface area contributed by atoms with Crippen molar-refractivity contribution in [2.75, 3.05) is 24.1 Å². The first-order chi connectivity index (χ1) is 8.69. The maximum atomic E-state index is 11.8. The summed E-state index contributed by atoms with van der Waals surface area (Å²) in [5.41, 5.74) is 7.11. The van der Waals surface area contributed by atoms with Gasteiger partial charge in [-0.1, -0.05) is 6.92 Å². The molecule has 0 aromatic heterocycles. The lowest BCUT2D eigenvalue weighted by Gasteiger charge is -2.19. The molecule has 0 saturated heterocycles. The normalized spacial score (nSPS) is 14.8. The number of carbonyl (C=O) groups excluding carboxylic acids is 1. The quantitative estimate of drug-likeness (QED) is 0.757. The third-order valence-corrected chi connectivity index (χ3v) is 3.29. The van der Waals surface area contributed by atoms with Crippen LogP contribution in [0, 0.1) is 0 Å². The van der Waals surface area contributed by atoms with Gasteiger partial charge in [-0.05, 0) is 43.7 Å². The lowest BCUT2D eigenvalue weighted by molar-refractivity contribution is -0.116. The number of hydrogen-bond acceptors (Lipinski definition) is 3. The minimum absolute atomic E-state index is 0.0684. The van der Waals surface area contributed by atoms with E-state index >= 15 is 0 Å². The van der Waals surface area contributed by atoms with Crippen molar-refractivity contribution in [3.8, 4) is 0 Å². The molecule has 1 saturated carbocycles. The van der Waals surface area contributed by atoms with E-state index < -0.39 is 0 Å². The van der Waals surface area contributed by atoms with Crippen LogP contribution >= 0.6 is 0 Å². The number of benzene rings is 1. The number of carbonyl (C=O) groups is 1. The largest absolute Gasteiger partial charge is 0.399 e. The Bertz CT molecular complexity index is 398. The number of amides is 1. The zero-order valence-corrected chi connectivity index (χ0v) is 10.9. The Morgan fingerprint density at radius 1 is 1.39 bits per heavy atom. The third kappa shape index (κ3) is 3.74. The lowest BCUT2D eigenvalue weighted by atomic mass is 10.2. The molecular formula is C14H21N3O. The SMILES string of the molecule is CCN(CCC(=O)Nc1ccc(N)cc1)C1CC1. The molecule has 0 unspecified atom stereocenters. The molecule has 3 N–H and O–H groups in total. The number of nitrogen functional groups attached to an aromatic ring is 1. The first kappa shape index (κ1) is 12.9. The van der Waals surface area contributed by atoms with Crippen molar-refractivity contribution in [3.63, 3.8) is 0 Å². The fourth-order valence-corrected chi connectivity index (χ4v) is 2.07. The zero-order chi connectivity index (χ0) is 13.0. The zero-order valence-electron chi connectivity index (χ0n) is 10.9. The second kappa shape index (κ2) is 5.87. The van der Waals surface area contributed by atoms with Crippen molar-refractivity contribution in [1.82, 2.24) is 4.90 Å². The summed E-state index contributed by atoms with van der Waals surface area (Å²) in [6, 6.07) is 7.95. The van der Waals surface area contributed by atoms with Crippen LogP contribution in [0.25, 0.3) is 0 Å². The van der Waals surface area contributed by atoms with Crippen LogP contribution in [0.4, 0.5) is 11.4 Å². The van der Waals surface area contributed by atoms with Gasteiger partial charge >= 0.3 is 0 Å². The molecule has 1 aromatic carbocycles. The Kier molecular flexibility index (Phi) is 4.20. The average Bonchev–Trinajstić information content (AvgIpc) is 3.17. The Morgan fingerprint density at radius 3 is 2.61 bits per heavy atom. The van der Waals surface area contributed by atoms with Crippen molar-refractivity contribution in [2.45, 2.75) is 32.2 Å². The van der Waals surface area contributed by atoms with Crippen LogP contribution in [-0.2, 0) is 4.79 Å². The molecule has 0 atom stereocenters. The minimum atomic E-state index is 0.0684. The van der Waals surface area contributed by atoms with E-state index in [9.17, 15) is 4.79 Å². The van der Waals surface area contributed by atoms with E-state index in [0.717, 1.165) is 24.8 Å². The predicted octanol–water partition coefficient (Wildman–Crippen LogP) is 2.08. The Labute approximate surface area is 108 Å². The Hall–Kier alpha value is -1.55. The van der Waals surface area contributed by atoms with Gasteiger partial charge in [-0.15, -0.1) is 0 Å². The number of nitrogens with two attached hydrogens (primary N) is 1. The van der Waals surface area contributed by atoms with Crippen LogP contribution in [0.5, 0.6) is 0 Å². The van der Waals surface area contributed by atoms with Gasteiger partial charge < -0.3 is 16.0 Å². The monoisotopic (exact) mass is 247 g/mol. The molecule has 18 heavy (non-hydrogen) atoms. The smallest absolute Gasteiger partial charge is 0.225 e. The van der Waals surface area contributed by atoms with Gasteiger partial charge in [-0.2, -0.15) is 0 Å². The summed E-state index contributed by atoms with van der Waals surface area (Å²) >= 11 is 0. The highest BCUT2D eigenvalue weighted by molar-refractivity contribution is 5.90. The van der Waals surface area contributed by atoms with E-state index in [4.69, 9.17) is 5.73 Å².